The van der Waals surface area contributed by atoms with Crippen LogP contribution in [-0.2, 0) is 6.42 Å². The summed E-state index contributed by atoms with van der Waals surface area (Å²) in [5.74, 6) is 1.64. The van der Waals surface area contributed by atoms with Crippen molar-refractivity contribution in [3.05, 3.63) is 27.7 Å². The molecule has 0 aliphatic carbocycles. The van der Waals surface area contributed by atoms with Crippen molar-refractivity contribution in [2.24, 2.45) is 0 Å². The SMILES string of the molecule is CC(C)c1cc(Br)c2c(c1)CCC1(CCNC1)O2. The molecular weight excluding hydrogens is 290 g/mol. The molecule has 0 aromatic heterocycles. The maximum absolute atomic E-state index is 6.34. The Balaban J connectivity index is 1.96. The zero-order chi connectivity index (χ0) is 12.8. The van der Waals surface area contributed by atoms with Crippen molar-refractivity contribution >= 4 is 15.9 Å². The Morgan fingerprint density at radius 1 is 1.33 bits per heavy atom. The minimum Gasteiger partial charge on any atom is -0.484 e. The maximum atomic E-state index is 6.34. The van der Waals surface area contributed by atoms with E-state index in [4.69, 9.17) is 4.74 Å². The first-order valence-electron chi connectivity index (χ1n) is 6.82. The normalized spacial score (nSPS) is 26.4. The lowest BCUT2D eigenvalue weighted by Crippen LogP contribution is -2.41. The number of fused-ring (bicyclic) bond motifs is 1. The van der Waals surface area contributed by atoms with Gasteiger partial charge in [-0.3, -0.25) is 0 Å². The first kappa shape index (κ1) is 12.5. The molecule has 1 aromatic rings. The smallest absolute Gasteiger partial charge is 0.137 e. The molecule has 1 aromatic carbocycles. The van der Waals surface area contributed by atoms with E-state index in [1.165, 1.54) is 11.1 Å². The second-order valence-electron chi connectivity index (χ2n) is 5.86. The van der Waals surface area contributed by atoms with Crippen LogP contribution in [0.1, 0.15) is 43.7 Å². The maximum Gasteiger partial charge on any atom is 0.137 e. The second-order valence-corrected chi connectivity index (χ2v) is 6.71. The van der Waals surface area contributed by atoms with Gasteiger partial charge in [-0.1, -0.05) is 19.9 Å². The van der Waals surface area contributed by atoms with E-state index < -0.39 is 0 Å². The van der Waals surface area contributed by atoms with Crippen molar-refractivity contribution in [2.75, 3.05) is 13.1 Å². The highest BCUT2D eigenvalue weighted by atomic mass is 79.9. The molecule has 0 bridgehead atoms. The molecule has 1 fully saturated rings. The van der Waals surface area contributed by atoms with Crippen LogP contribution in [0.4, 0.5) is 0 Å². The molecule has 2 aliphatic rings. The molecule has 3 heteroatoms. The van der Waals surface area contributed by atoms with Gasteiger partial charge in [0, 0.05) is 13.0 Å². The van der Waals surface area contributed by atoms with Gasteiger partial charge in [-0.15, -0.1) is 0 Å². The van der Waals surface area contributed by atoms with Crippen molar-refractivity contribution in [1.82, 2.24) is 5.32 Å². The average molecular weight is 310 g/mol. The van der Waals surface area contributed by atoms with E-state index in [-0.39, 0.29) is 5.60 Å². The summed E-state index contributed by atoms with van der Waals surface area (Å²) in [6.07, 6.45) is 3.40. The fraction of sp³-hybridized carbons (Fsp3) is 0.600. The molecule has 98 valence electrons. The standard InChI is InChI=1S/C15H20BrNO/c1-10(2)12-7-11-3-4-15(5-6-17-9-15)18-14(11)13(16)8-12/h7-8,10,17H,3-6,9H2,1-2H3. The van der Waals surface area contributed by atoms with Gasteiger partial charge < -0.3 is 10.1 Å². The molecule has 1 atom stereocenters. The summed E-state index contributed by atoms with van der Waals surface area (Å²) in [7, 11) is 0. The number of aryl methyl sites for hydroxylation is 1. The van der Waals surface area contributed by atoms with Gasteiger partial charge in [0.15, 0.2) is 0 Å². The molecule has 2 aliphatic heterocycles. The lowest BCUT2D eigenvalue weighted by molar-refractivity contribution is 0.0654. The number of nitrogens with one attached hydrogen (secondary N) is 1. The highest BCUT2D eigenvalue weighted by molar-refractivity contribution is 9.10. The van der Waals surface area contributed by atoms with Crippen LogP contribution in [0.25, 0.3) is 0 Å². The second kappa shape index (κ2) is 4.53. The summed E-state index contributed by atoms with van der Waals surface area (Å²) >= 11 is 3.69. The Labute approximate surface area is 117 Å². The van der Waals surface area contributed by atoms with Crippen LogP contribution in [0, 0.1) is 0 Å². The molecular formula is C15H20BrNO. The zero-order valence-corrected chi connectivity index (χ0v) is 12.6. The summed E-state index contributed by atoms with van der Waals surface area (Å²) in [6.45, 7) is 6.54. The fourth-order valence-corrected chi connectivity index (χ4v) is 3.56. The van der Waals surface area contributed by atoms with Crippen molar-refractivity contribution in [1.29, 1.82) is 0 Å². The molecule has 1 saturated heterocycles. The molecule has 3 rings (SSSR count). The lowest BCUT2D eigenvalue weighted by atomic mass is 9.88. The van der Waals surface area contributed by atoms with Gasteiger partial charge in [-0.2, -0.15) is 0 Å². The highest BCUT2D eigenvalue weighted by Crippen LogP contribution is 2.42. The molecule has 0 radical (unpaired) electrons. The summed E-state index contributed by atoms with van der Waals surface area (Å²) in [6, 6.07) is 4.53. The third-order valence-corrected chi connectivity index (χ3v) is 4.77. The fourth-order valence-electron chi connectivity index (χ4n) is 2.96. The van der Waals surface area contributed by atoms with Gasteiger partial charge >= 0.3 is 0 Å². The van der Waals surface area contributed by atoms with Gasteiger partial charge in [-0.05, 0) is 58.4 Å². The number of ether oxygens (including phenoxy) is 1. The summed E-state index contributed by atoms with van der Waals surface area (Å²) in [5.41, 5.74) is 2.81. The van der Waals surface area contributed by atoms with Gasteiger partial charge in [0.05, 0.1) is 4.47 Å². The van der Waals surface area contributed by atoms with Crippen LogP contribution in [-0.4, -0.2) is 18.7 Å². The van der Waals surface area contributed by atoms with Gasteiger partial charge in [0.2, 0.25) is 0 Å². The van der Waals surface area contributed by atoms with Crippen LogP contribution in [0.5, 0.6) is 5.75 Å². The monoisotopic (exact) mass is 309 g/mol. The Kier molecular flexibility index (Phi) is 3.15. The third-order valence-electron chi connectivity index (χ3n) is 4.18. The van der Waals surface area contributed by atoms with Crippen LogP contribution in [0.15, 0.2) is 16.6 Å². The van der Waals surface area contributed by atoms with E-state index in [0.29, 0.717) is 5.92 Å². The Morgan fingerprint density at radius 2 is 2.17 bits per heavy atom. The van der Waals surface area contributed by atoms with Gasteiger partial charge in [0.1, 0.15) is 11.4 Å². The first-order chi connectivity index (χ1) is 8.60. The lowest BCUT2D eigenvalue weighted by Gasteiger charge is -2.36. The van der Waals surface area contributed by atoms with Crippen LogP contribution < -0.4 is 10.1 Å². The minimum absolute atomic E-state index is 0.0505. The van der Waals surface area contributed by atoms with E-state index >= 15 is 0 Å². The van der Waals surface area contributed by atoms with Crippen LogP contribution in [0.2, 0.25) is 0 Å². The van der Waals surface area contributed by atoms with Crippen LogP contribution >= 0.6 is 15.9 Å². The largest absolute Gasteiger partial charge is 0.484 e. The predicted molar refractivity (Wildman–Crippen MR) is 77.4 cm³/mol. The van der Waals surface area contributed by atoms with Gasteiger partial charge in [0.25, 0.3) is 0 Å². The summed E-state index contributed by atoms with van der Waals surface area (Å²) < 4.78 is 7.46. The summed E-state index contributed by atoms with van der Waals surface area (Å²) in [5, 5.41) is 3.42. The van der Waals surface area contributed by atoms with E-state index in [0.717, 1.165) is 42.6 Å². The minimum atomic E-state index is 0.0505. The Bertz CT molecular complexity index is 464. The van der Waals surface area contributed by atoms with E-state index in [1.54, 1.807) is 0 Å². The van der Waals surface area contributed by atoms with E-state index in [2.05, 4.69) is 47.2 Å². The highest BCUT2D eigenvalue weighted by Gasteiger charge is 2.39. The van der Waals surface area contributed by atoms with E-state index in [9.17, 15) is 0 Å². The van der Waals surface area contributed by atoms with Crippen molar-refractivity contribution in [3.8, 4) is 5.75 Å². The number of halogens is 1. The Hall–Kier alpha value is -0.540. The molecule has 1 unspecified atom stereocenters. The molecule has 1 spiro atoms. The number of hydrogen-bond acceptors (Lipinski definition) is 2. The van der Waals surface area contributed by atoms with E-state index in [1.807, 2.05) is 0 Å². The Morgan fingerprint density at radius 3 is 2.83 bits per heavy atom. The quantitative estimate of drug-likeness (QED) is 0.855. The average Bonchev–Trinajstić information content (AvgIpc) is 2.78. The van der Waals surface area contributed by atoms with Gasteiger partial charge in [-0.25, -0.2) is 0 Å². The predicted octanol–water partition coefficient (Wildman–Crippen LogP) is 3.63. The van der Waals surface area contributed by atoms with Crippen molar-refractivity contribution < 1.29 is 4.74 Å². The number of rotatable bonds is 1. The first-order valence-corrected chi connectivity index (χ1v) is 7.61. The third kappa shape index (κ3) is 2.08. The van der Waals surface area contributed by atoms with Crippen molar-refractivity contribution in [3.63, 3.8) is 0 Å². The topological polar surface area (TPSA) is 21.3 Å². The number of benzene rings is 1. The van der Waals surface area contributed by atoms with Crippen LogP contribution in [0.3, 0.4) is 0 Å². The molecule has 0 amide bonds. The molecule has 2 heterocycles. The molecule has 18 heavy (non-hydrogen) atoms. The zero-order valence-electron chi connectivity index (χ0n) is 11.1. The molecule has 0 saturated carbocycles. The molecule has 1 N–H and O–H groups in total. The number of hydrogen-bond donors (Lipinski definition) is 1. The van der Waals surface area contributed by atoms with Crippen molar-refractivity contribution in [2.45, 2.75) is 44.6 Å². The summed E-state index contributed by atoms with van der Waals surface area (Å²) in [4.78, 5) is 0. The molecule has 2 nitrogen and oxygen atoms in total.